The van der Waals surface area contributed by atoms with Crippen molar-refractivity contribution in [2.45, 2.75) is 117 Å². The molecule has 0 amide bonds. The summed E-state index contributed by atoms with van der Waals surface area (Å²) in [6.07, 6.45) is 12.3. The highest BCUT2D eigenvalue weighted by molar-refractivity contribution is 7.35. The number of unbranched alkanes of at least 4 members (excludes halogenated alkanes) is 6. The Morgan fingerprint density at radius 1 is 0.594 bits per heavy atom. The molecule has 2 heterocycles. The van der Waals surface area contributed by atoms with Crippen molar-refractivity contribution in [3.05, 3.63) is 22.3 Å². The molecule has 178 valence electrons. The number of hydrogen-bond donors (Lipinski definition) is 0. The second-order valence-corrected chi connectivity index (χ2v) is 24.4. The molecule has 0 fully saturated rings. The molecule has 1 aliphatic carbocycles. The standard InChI is InChI=1S/C27H44OS2Si2/c1-9-11-13-15-17-19-21-23(28)22-20(18-16-14-12-10-2)27(32(6,7)8)30-25(22)24(21)29-26(19)31(3,4)5/h9-18H2,1-8H3. The molecule has 0 aliphatic heterocycles. The molecule has 3 rings (SSSR count). The van der Waals surface area contributed by atoms with Crippen molar-refractivity contribution in [1.29, 1.82) is 0 Å². The maximum Gasteiger partial charge on any atom is 0.196 e. The van der Waals surface area contributed by atoms with Crippen LogP contribution in [0, 0.1) is 0 Å². The zero-order valence-corrected chi connectivity index (χ0v) is 25.4. The zero-order chi connectivity index (χ0) is 23.7. The fourth-order valence-corrected chi connectivity index (χ4v) is 12.7. The SMILES string of the molecule is CCCCCCc1c([Si](C)(C)C)sc2c1C(=O)c1c-2sc([Si](C)(C)C)c1CCCCCC. The lowest BCUT2D eigenvalue weighted by molar-refractivity contribution is 0.104. The number of fused-ring (bicyclic) bond motifs is 3. The molecule has 0 bridgehead atoms. The Bertz CT molecular complexity index is 878. The molecular weight excluding hydrogens is 461 g/mol. The third kappa shape index (κ3) is 5.26. The van der Waals surface area contributed by atoms with Gasteiger partial charge in [0.15, 0.2) is 5.78 Å². The van der Waals surface area contributed by atoms with Gasteiger partial charge in [-0.05, 0) is 45.8 Å². The maximum absolute atomic E-state index is 14.0. The van der Waals surface area contributed by atoms with Gasteiger partial charge < -0.3 is 0 Å². The molecule has 0 unspecified atom stereocenters. The number of ketones is 1. The summed E-state index contributed by atoms with van der Waals surface area (Å²) in [5.41, 5.74) is 5.14. The lowest BCUT2D eigenvalue weighted by Crippen LogP contribution is -2.38. The Kier molecular flexibility index (Phi) is 8.50. The predicted molar refractivity (Wildman–Crippen MR) is 153 cm³/mol. The summed E-state index contributed by atoms with van der Waals surface area (Å²) < 4.78 is 3.18. The third-order valence-corrected chi connectivity index (χ3v) is 16.5. The van der Waals surface area contributed by atoms with Crippen LogP contribution >= 0.6 is 22.7 Å². The first-order valence-electron chi connectivity index (χ1n) is 12.9. The van der Waals surface area contributed by atoms with Gasteiger partial charge >= 0.3 is 0 Å². The molecule has 0 N–H and O–H groups in total. The molecule has 0 aromatic carbocycles. The van der Waals surface area contributed by atoms with E-state index in [0.717, 1.165) is 24.0 Å². The molecule has 1 nitrogen and oxygen atoms in total. The topological polar surface area (TPSA) is 17.1 Å². The van der Waals surface area contributed by atoms with Crippen LogP contribution in [0.1, 0.15) is 92.3 Å². The Balaban J connectivity index is 2.07. The lowest BCUT2D eigenvalue weighted by Gasteiger charge is -2.18. The van der Waals surface area contributed by atoms with Gasteiger partial charge in [0.2, 0.25) is 0 Å². The molecule has 0 saturated heterocycles. The van der Waals surface area contributed by atoms with Gasteiger partial charge in [-0.25, -0.2) is 0 Å². The van der Waals surface area contributed by atoms with E-state index in [1.54, 1.807) is 9.00 Å². The van der Waals surface area contributed by atoms with Crippen LogP contribution in [-0.4, -0.2) is 21.9 Å². The fraction of sp³-hybridized carbons (Fsp3) is 0.667. The van der Waals surface area contributed by atoms with Crippen molar-refractivity contribution in [2.24, 2.45) is 0 Å². The number of carbonyl (C=O) groups excluding carboxylic acids is 1. The van der Waals surface area contributed by atoms with Crippen LogP contribution in [0.25, 0.3) is 9.75 Å². The number of thiophene rings is 2. The monoisotopic (exact) mass is 504 g/mol. The van der Waals surface area contributed by atoms with Crippen LogP contribution in [0.15, 0.2) is 0 Å². The van der Waals surface area contributed by atoms with Gasteiger partial charge in [0, 0.05) is 11.1 Å². The summed E-state index contributed by atoms with van der Waals surface area (Å²) in [5.74, 6) is 0.382. The number of rotatable bonds is 12. The Morgan fingerprint density at radius 2 is 0.969 bits per heavy atom. The van der Waals surface area contributed by atoms with Crippen molar-refractivity contribution >= 4 is 53.6 Å². The van der Waals surface area contributed by atoms with E-state index < -0.39 is 16.1 Å². The van der Waals surface area contributed by atoms with E-state index in [1.807, 2.05) is 22.7 Å². The van der Waals surface area contributed by atoms with E-state index in [9.17, 15) is 4.79 Å². The highest BCUT2D eigenvalue weighted by Crippen LogP contribution is 2.48. The fourth-order valence-electron chi connectivity index (χ4n) is 5.00. The molecule has 0 radical (unpaired) electrons. The summed E-state index contributed by atoms with van der Waals surface area (Å²) in [4.78, 5) is 16.7. The molecule has 0 saturated carbocycles. The van der Waals surface area contributed by atoms with Crippen molar-refractivity contribution in [3.63, 3.8) is 0 Å². The minimum atomic E-state index is -1.48. The Morgan fingerprint density at radius 3 is 1.28 bits per heavy atom. The van der Waals surface area contributed by atoms with Crippen LogP contribution in [-0.2, 0) is 12.8 Å². The highest BCUT2D eigenvalue weighted by Gasteiger charge is 2.41. The smallest absolute Gasteiger partial charge is 0.196 e. The van der Waals surface area contributed by atoms with Gasteiger partial charge in [0.25, 0.3) is 0 Å². The Hall–Kier alpha value is -0.496. The molecule has 2 aromatic rings. The van der Waals surface area contributed by atoms with Crippen molar-refractivity contribution in [2.75, 3.05) is 0 Å². The largest absolute Gasteiger partial charge is 0.288 e. The minimum absolute atomic E-state index is 0.382. The van der Waals surface area contributed by atoms with Crippen LogP contribution in [0.3, 0.4) is 0 Å². The van der Waals surface area contributed by atoms with Crippen LogP contribution in [0.5, 0.6) is 0 Å². The molecule has 1 aliphatic rings. The number of hydrogen-bond acceptors (Lipinski definition) is 3. The third-order valence-electron chi connectivity index (χ3n) is 6.60. The van der Waals surface area contributed by atoms with E-state index in [2.05, 4.69) is 53.1 Å². The quantitative estimate of drug-likeness (QED) is 0.179. The van der Waals surface area contributed by atoms with Crippen molar-refractivity contribution in [1.82, 2.24) is 0 Å². The van der Waals surface area contributed by atoms with Gasteiger partial charge in [0.05, 0.1) is 25.9 Å². The van der Waals surface area contributed by atoms with Gasteiger partial charge in [-0.15, -0.1) is 22.7 Å². The van der Waals surface area contributed by atoms with Crippen molar-refractivity contribution < 1.29 is 4.79 Å². The lowest BCUT2D eigenvalue weighted by atomic mass is 9.99. The zero-order valence-electron chi connectivity index (χ0n) is 21.8. The first-order valence-corrected chi connectivity index (χ1v) is 21.5. The van der Waals surface area contributed by atoms with E-state index >= 15 is 0 Å². The molecule has 32 heavy (non-hydrogen) atoms. The van der Waals surface area contributed by atoms with Gasteiger partial charge in [0.1, 0.15) is 0 Å². The summed E-state index contributed by atoms with van der Waals surface area (Å²) in [7, 11) is -2.97. The second-order valence-electron chi connectivity index (χ2n) is 11.7. The Labute approximate surface area is 207 Å². The highest BCUT2D eigenvalue weighted by atomic mass is 32.1. The van der Waals surface area contributed by atoms with Crippen LogP contribution in [0.4, 0.5) is 0 Å². The summed E-state index contributed by atoms with van der Waals surface area (Å²) in [6.45, 7) is 19.3. The molecule has 5 heteroatoms. The normalized spacial score (nSPS) is 13.7. The van der Waals surface area contributed by atoms with E-state index in [1.165, 1.54) is 72.2 Å². The summed E-state index contributed by atoms with van der Waals surface area (Å²) in [5, 5.41) is 0. The van der Waals surface area contributed by atoms with E-state index in [4.69, 9.17) is 0 Å². The molecule has 2 aromatic heterocycles. The van der Waals surface area contributed by atoms with Gasteiger partial charge in [-0.3, -0.25) is 4.79 Å². The maximum atomic E-state index is 14.0. The predicted octanol–water partition coefficient (Wildman–Crippen LogP) is 8.36. The van der Waals surface area contributed by atoms with Crippen LogP contribution < -0.4 is 9.00 Å². The van der Waals surface area contributed by atoms with Crippen molar-refractivity contribution in [3.8, 4) is 9.75 Å². The summed E-state index contributed by atoms with van der Waals surface area (Å²) in [6, 6.07) is 0. The van der Waals surface area contributed by atoms with E-state index in [0.29, 0.717) is 5.78 Å². The molecular formula is C27H44OS2Si2. The van der Waals surface area contributed by atoms with Gasteiger partial charge in [-0.1, -0.05) is 91.7 Å². The van der Waals surface area contributed by atoms with Crippen LogP contribution in [0.2, 0.25) is 39.3 Å². The summed E-state index contributed by atoms with van der Waals surface area (Å²) >= 11 is 3.99. The minimum Gasteiger partial charge on any atom is -0.288 e. The van der Waals surface area contributed by atoms with E-state index in [-0.39, 0.29) is 0 Å². The average molecular weight is 505 g/mol. The molecule has 0 atom stereocenters. The molecule has 0 spiro atoms. The first kappa shape index (κ1) is 26.1. The second kappa shape index (κ2) is 10.4. The number of carbonyl (C=O) groups is 1. The first-order chi connectivity index (χ1) is 15.0. The van der Waals surface area contributed by atoms with Gasteiger partial charge in [-0.2, -0.15) is 0 Å². The average Bonchev–Trinajstić information content (AvgIpc) is 3.33.